The summed E-state index contributed by atoms with van der Waals surface area (Å²) < 4.78 is 5.60. The van der Waals surface area contributed by atoms with Gasteiger partial charge in [0.25, 0.3) is 0 Å². The predicted molar refractivity (Wildman–Crippen MR) is 151 cm³/mol. The van der Waals surface area contributed by atoms with Gasteiger partial charge in [0, 0.05) is 30.1 Å². The minimum atomic E-state index is 0.0703. The normalized spacial score (nSPS) is 15.6. The first kappa shape index (κ1) is 26.1. The number of aryl methyl sites for hydroxylation is 2. The fraction of sp³-hybridized carbons (Fsp3) is 0.233. The van der Waals surface area contributed by atoms with Crippen molar-refractivity contribution < 1.29 is 9.84 Å². The van der Waals surface area contributed by atoms with Gasteiger partial charge >= 0.3 is 0 Å². The largest absolute Gasteiger partial charge is 0.508 e. The van der Waals surface area contributed by atoms with E-state index in [4.69, 9.17) is 21.3 Å². The van der Waals surface area contributed by atoms with Crippen LogP contribution in [0.5, 0.6) is 5.75 Å². The maximum Gasteiger partial charge on any atom is 0.169 e. The Hall–Kier alpha value is -2.99. The number of nitrogens with zero attached hydrogens (tertiary/aromatic N) is 2. The van der Waals surface area contributed by atoms with E-state index in [1.807, 2.05) is 37.3 Å². The SMILES string of the molecule is COC1C=C(CN(Cc2ccc(O)cc2)C(=Nc2cc(C)cc(Cl)c2)Sc2cccc(C)c2)C=CC1. The molecule has 1 N–H and O–H groups in total. The van der Waals surface area contributed by atoms with Gasteiger partial charge in [-0.25, -0.2) is 4.99 Å². The molecule has 6 heteroatoms. The summed E-state index contributed by atoms with van der Waals surface area (Å²) in [5, 5.41) is 11.3. The van der Waals surface area contributed by atoms with E-state index in [1.54, 1.807) is 31.0 Å². The maximum absolute atomic E-state index is 9.80. The van der Waals surface area contributed by atoms with Crippen LogP contribution < -0.4 is 0 Å². The lowest BCUT2D eigenvalue weighted by Gasteiger charge is -2.28. The molecule has 1 atom stereocenters. The van der Waals surface area contributed by atoms with E-state index in [9.17, 15) is 5.11 Å². The number of halogens is 1. The smallest absolute Gasteiger partial charge is 0.169 e. The van der Waals surface area contributed by atoms with Crippen molar-refractivity contribution in [2.24, 2.45) is 4.99 Å². The summed E-state index contributed by atoms with van der Waals surface area (Å²) in [5.41, 5.74) is 5.33. The first-order valence-electron chi connectivity index (χ1n) is 11.9. The molecule has 1 aliphatic carbocycles. The number of ether oxygens (including phenoxy) is 1. The highest BCUT2D eigenvalue weighted by Gasteiger charge is 2.18. The molecule has 3 aromatic carbocycles. The molecule has 36 heavy (non-hydrogen) atoms. The molecule has 0 radical (unpaired) electrons. The van der Waals surface area contributed by atoms with Crippen molar-refractivity contribution in [3.05, 3.63) is 112 Å². The summed E-state index contributed by atoms with van der Waals surface area (Å²) in [7, 11) is 1.74. The average Bonchev–Trinajstić information content (AvgIpc) is 2.84. The number of hydrogen-bond acceptors (Lipinski definition) is 4. The van der Waals surface area contributed by atoms with Crippen LogP contribution in [0.2, 0.25) is 5.02 Å². The van der Waals surface area contributed by atoms with Gasteiger partial charge < -0.3 is 14.7 Å². The fourth-order valence-corrected chi connectivity index (χ4v) is 5.35. The Kier molecular flexibility index (Phi) is 8.92. The summed E-state index contributed by atoms with van der Waals surface area (Å²) in [4.78, 5) is 8.50. The van der Waals surface area contributed by atoms with Gasteiger partial charge in [-0.3, -0.25) is 0 Å². The number of thioether (sulfide) groups is 1. The van der Waals surface area contributed by atoms with Crippen molar-refractivity contribution in [3.8, 4) is 5.75 Å². The van der Waals surface area contributed by atoms with Gasteiger partial charge in [0.2, 0.25) is 0 Å². The minimum Gasteiger partial charge on any atom is -0.508 e. The van der Waals surface area contributed by atoms with Gasteiger partial charge in [0.05, 0.1) is 11.8 Å². The first-order valence-corrected chi connectivity index (χ1v) is 13.1. The topological polar surface area (TPSA) is 45.1 Å². The number of phenols is 1. The summed E-state index contributed by atoms with van der Waals surface area (Å²) >= 11 is 8.02. The maximum atomic E-state index is 9.80. The molecule has 1 unspecified atom stereocenters. The van der Waals surface area contributed by atoms with Gasteiger partial charge in [0.1, 0.15) is 5.75 Å². The van der Waals surface area contributed by atoms with Crippen molar-refractivity contribution >= 4 is 34.2 Å². The van der Waals surface area contributed by atoms with Crippen LogP contribution in [0.4, 0.5) is 5.69 Å². The van der Waals surface area contributed by atoms with Crippen molar-refractivity contribution in [1.82, 2.24) is 4.90 Å². The summed E-state index contributed by atoms with van der Waals surface area (Å²) in [6.45, 7) is 5.40. The molecule has 0 spiro atoms. The number of hydrogen-bond donors (Lipinski definition) is 1. The zero-order valence-electron chi connectivity index (χ0n) is 20.8. The van der Waals surface area contributed by atoms with Gasteiger partial charge in [-0.15, -0.1) is 0 Å². The van der Waals surface area contributed by atoms with Crippen LogP contribution in [0.25, 0.3) is 0 Å². The van der Waals surface area contributed by atoms with Crippen LogP contribution >= 0.6 is 23.4 Å². The quantitative estimate of drug-likeness (QED) is 0.196. The molecule has 0 heterocycles. The lowest BCUT2D eigenvalue weighted by Crippen LogP contribution is -2.31. The molecule has 0 bridgehead atoms. The average molecular weight is 519 g/mol. The van der Waals surface area contributed by atoms with Crippen molar-refractivity contribution in [2.45, 2.75) is 37.8 Å². The zero-order chi connectivity index (χ0) is 25.5. The Bertz CT molecular complexity index is 1260. The van der Waals surface area contributed by atoms with Crippen molar-refractivity contribution in [3.63, 3.8) is 0 Å². The molecule has 0 aromatic heterocycles. The number of phenolic OH excluding ortho intramolecular Hbond substituents is 1. The van der Waals surface area contributed by atoms with Gasteiger partial charge in [-0.1, -0.05) is 71.4 Å². The van der Waals surface area contributed by atoms with Crippen LogP contribution in [0.1, 0.15) is 23.1 Å². The number of aliphatic imine (C=N–C) groups is 1. The zero-order valence-corrected chi connectivity index (χ0v) is 22.4. The number of rotatable bonds is 7. The lowest BCUT2D eigenvalue weighted by atomic mass is 10.0. The third-order valence-electron chi connectivity index (χ3n) is 5.81. The van der Waals surface area contributed by atoms with E-state index >= 15 is 0 Å². The van der Waals surface area contributed by atoms with Gasteiger partial charge in [-0.05, 0) is 79.4 Å². The Morgan fingerprint density at radius 2 is 1.86 bits per heavy atom. The molecule has 4 nitrogen and oxygen atoms in total. The molecule has 1 aliphatic rings. The highest BCUT2D eigenvalue weighted by molar-refractivity contribution is 8.13. The number of aromatic hydroxyl groups is 1. The van der Waals surface area contributed by atoms with E-state index in [0.717, 1.165) is 33.3 Å². The molecular formula is C30H31ClN2O2S. The Balaban J connectivity index is 1.76. The number of methoxy groups -OCH3 is 1. The van der Waals surface area contributed by atoms with Crippen LogP contribution in [0.3, 0.4) is 0 Å². The number of amidine groups is 1. The Morgan fingerprint density at radius 3 is 2.58 bits per heavy atom. The molecule has 0 fully saturated rings. The first-order chi connectivity index (χ1) is 17.4. The second kappa shape index (κ2) is 12.3. The van der Waals surface area contributed by atoms with E-state index in [0.29, 0.717) is 18.1 Å². The van der Waals surface area contributed by atoms with E-state index in [2.05, 4.69) is 54.3 Å². The van der Waals surface area contributed by atoms with Crippen LogP contribution in [0.15, 0.2) is 100 Å². The highest BCUT2D eigenvalue weighted by atomic mass is 35.5. The molecule has 0 amide bonds. The standard InChI is InChI=1S/C30H31ClN2O2S/c1-21-6-4-9-29(16-21)36-30(32-26-15-22(2)14-25(31)18-26)33(19-23-10-12-27(34)13-11-23)20-24-7-5-8-28(17-24)35-3/h4-7,9-18,28,34H,8,19-20H2,1-3H3. The highest BCUT2D eigenvalue weighted by Crippen LogP contribution is 2.30. The van der Waals surface area contributed by atoms with Crippen LogP contribution in [-0.4, -0.2) is 34.9 Å². The van der Waals surface area contributed by atoms with E-state index < -0.39 is 0 Å². The lowest BCUT2D eigenvalue weighted by molar-refractivity contribution is 0.141. The second-order valence-electron chi connectivity index (χ2n) is 8.98. The Morgan fingerprint density at radius 1 is 1.06 bits per heavy atom. The van der Waals surface area contributed by atoms with Crippen LogP contribution in [-0.2, 0) is 11.3 Å². The molecule has 0 aliphatic heterocycles. The van der Waals surface area contributed by atoms with Gasteiger partial charge in [0.15, 0.2) is 5.17 Å². The summed E-state index contributed by atoms with van der Waals surface area (Å²) in [5.74, 6) is 0.253. The third-order valence-corrected chi connectivity index (χ3v) is 7.05. The minimum absolute atomic E-state index is 0.0703. The summed E-state index contributed by atoms with van der Waals surface area (Å²) in [6, 6.07) is 21.7. The molecule has 0 saturated carbocycles. The number of benzene rings is 3. The predicted octanol–water partition coefficient (Wildman–Crippen LogP) is 7.85. The van der Waals surface area contributed by atoms with Gasteiger partial charge in [-0.2, -0.15) is 0 Å². The third kappa shape index (κ3) is 7.50. The van der Waals surface area contributed by atoms with Crippen molar-refractivity contribution in [2.75, 3.05) is 13.7 Å². The Labute approximate surface area is 223 Å². The van der Waals surface area contributed by atoms with Crippen molar-refractivity contribution in [1.29, 1.82) is 0 Å². The molecular weight excluding hydrogens is 488 g/mol. The fourth-order valence-electron chi connectivity index (χ4n) is 4.05. The second-order valence-corrected chi connectivity index (χ2v) is 10.5. The van der Waals surface area contributed by atoms with E-state index in [1.165, 1.54) is 11.1 Å². The summed E-state index contributed by atoms with van der Waals surface area (Å²) in [6.07, 6.45) is 7.45. The van der Waals surface area contributed by atoms with E-state index in [-0.39, 0.29) is 11.9 Å². The molecule has 3 aromatic rings. The monoisotopic (exact) mass is 518 g/mol. The van der Waals surface area contributed by atoms with Crippen LogP contribution in [0, 0.1) is 13.8 Å². The molecule has 0 saturated heterocycles. The molecule has 186 valence electrons. The molecule has 4 rings (SSSR count).